The Balaban J connectivity index is 1.66. The van der Waals surface area contributed by atoms with Gasteiger partial charge in [0, 0.05) is 22.2 Å². The van der Waals surface area contributed by atoms with Crippen LogP contribution in [0.25, 0.3) is 0 Å². The normalized spacial score (nSPS) is 14.0. The fraction of sp³-hybridized carbons (Fsp3) is 0.263. The summed E-state index contributed by atoms with van der Waals surface area (Å²) in [5.74, 6) is -0.204. The van der Waals surface area contributed by atoms with Crippen molar-refractivity contribution in [3.05, 3.63) is 57.7 Å². The Labute approximate surface area is 167 Å². The standard InChI is InChI=1S/C19H20IN3OS/c20-15-10-8-14(9-11-15)18(24)22-19(25)21-16-6-2-3-7-17(16)23-12-4-1-5-13-23/h2-3,6-11H,1,4-5,12-13H2,(H2,21,22,24,25). The number of carbonyl (C=O) groups is 1. The van der Waals surface area contributed by atoms with Crippen LogP contribution in [-0.2, 0) is 0 Å². The Morgan fingerprint density at radius 1 is 1.00 bits per heavy atom. The van der Waals surface area contributed by atoms with E-state index in [1.165, 1.54) is 19.3 Å². The van der Waals surface area contributed by atoms with E-state index in [4.69, 9.17) is 12.2 Å². The van der Waals surface area contributed by atoms with E-state index in [-0.39, 0.29) is 5.91 Å². The Morgan fingerprint density at radius 2 is 1.68 bits per heavy atom. The number of hydrogen-bond acceptors (Lipinski definition) is 3. The van der Waals surface area contributed by atoms with E-state index in [1.54, 1.807) is 12.1 Å². The number of thiocarbonyl (C=S) groups is 1. The van der Waals surface area contributed by atoms with Crippen molar-refractivity contribution in [2.75, 3.05) is 23.3 Å². The zero-order valence-corrected chi connectivity index (χ0v) is 16.8. The Hall–Kier alpha value is -1.67. The lowest BCUT2D eigenvalue weighted by atomic mass is 10.1. The molecule has 1 saturated heterocycles. The molecule has 4 nitrogen and oxygen atoms in total. The monoisotopic (exact) mass is 465 g/mol. The molecule has 130 valence electrons. The summed E-state index contributed by atoms with van der Waals surface area (Å²) in [6.07, 6.45) is 3.71. The van der Waals surface area contributed by atoms with E-state index >= 15 is 0 Å². The van der Waals surface area contributed by atoms with Crippen LogP contribution in [-0.4, -0.2) is 24.1 Å². The lowest BCUT2D eigenvalue weighted by molar-refractivity contribution is 0.0977. The highest BCUT2D eigenvalue weighted by atomic mass is 127. The van der Waals surface area contributed by atoms with Gasteiger partial charge in [-0.1, -0.05) is 12.1 Å². The van der Waals surface area contributed by atoms with Gasteiger partial charge in [-0.15, -0.1) is 0 Å². The Morgan fingerprint density at radius 3 is 2.40 bits per heavy atom. The number of para-hydroxylation sites is 2. The van der Waals surface area contributed by atoms with Crippen molar-refractivity contribution in [3.8, 4) is 0 Å². The van der Waals surface area contributed by atoms with Gasteiger partial charge in [0.15, 0.2) is 5.11 Å². The minimum Gasteiger partial charge on any atom is -0.370 e. The minimum atomic E-state index is -0.204. The van der Waals surface area contributed by atoms with Gasteiger partial charge in [-0.25, -0.2) is 0 Å². The molecule has 25 heavy (non-hydrogen) atoms. The first-order valence-electron chi connectivity index (χ1n) is 8.35. The van der Waals surface area contributed by atoms with Gasteiger partial charge in [-0.05, 0) is 90.5 Å². The van der Waals surface area contributed by atoms with Crippen molar-refractivity contribution in [1.29, 1.82) is 0 Å². The number of amides is 1. The molecule has 0 unspecified atom stereocenters. The van der Waals surface area contributed by atoms with E-state index < -0.39 is 0 Å². The summed E-state index contributed by atoms with van der Waals surface area (Å²) in [6.45, 7) is 2.11. The summed E-state index contributed by atoms with van der Waals surface area (Å²) in [4.78, 5) is 14.7. The number of benzene rings is 2. The van der Waals surface area contributed by atoms with Crippen LogP contribution in [0.1, 0.15) is 29.6 Å². The largest absolute Gasteiger partial charge is 0.370 e. The number of nitrogens with one attached hydrogen (secondary N) is 2. The molecule has 0 spiro atoms. The van der Waals surface area contributed by atoms with Crippen LogP contribution < -0.4 is 15.5 Å². The lowest BCUT2D eigenvalue weighted by Crippen LogP contribution is -2.35. The smallest absolute Gasteiger partial charge is 0.257 e. The first-order valence-corrected chi connectivity index (χ1v) is 9.84. The molecule has 2 aromatic carbocycles. The molecule has 0 aliphatic carbocycles. The first kappa shape index (κ1) is 18.1. The number of halogens is 1. The second-order valence-corrected chi connectivity index (χ2v) is 7.63. The number of anilines is 2. The molecule has 3 rings (SSSR count). The quantitative estimate of drug-likeness (QED) is 0.521. The van der Waals surface area contributed by atoms with Gasteiger partial charge in [0.1, 0.15) is 0 Å². The fourth-order valence-electron chi connectivity index (χ4n) is 2.92. The van der Waals surface area contributed by atoms with Gasteiger partial charge in [0.05, 0.1) is 11.4 Å². The number of piperidine rings is 1. The SMILES string of the molecule is O=C(NC(=S)Nc1ccccc1N1CCCCC1)c1ccc(I)cc1. The molecule has 1 heterocycles. The minimum absolute atomic E-state index is 0.204. The Bertz CT molecular complexity index is 758. The second kappa shape index (κ2) is 8.62. The number of rotatable bonds is 3. The molecule has 1 fully saturated rings. The van der Waals surface area contributed by atoms with Crippen molar-refractivity contribution in [3.63, 3.8) is 0 Å². The molecule has 0 aromatic heterocycles. The van der Waals surface area contributed by atoms with E-state index in [2.05, 4.69) is 44.2 Å². The summed E-state index contributed by atoms with van der Waals surface area (Å²) in [5.41, 5.74) is 2.65. The van der Waals surface area contributed by atoms with Gasteiger partial charge < -0.3 is 10.2 Å². The topological polar surface area (TPSA) is 44.4 Å². The van der Waals surface area contributed by atoms with Gasteiger partial charge in [0.25, 0.3) is 5.91 Å². The molecule has 0 saturated carbocycles. The highest BCUT2D eigenvalue weighted by Gasteiger charge is 2.15. The molecule has 6 heteroatoms. The van der Waals surface area contributed by atoms with E-state index in [9.17, 15) is 4.79 Å². The van der Waals surface area contributed by atoms with Crippen molar-refractivity contribution < 1.29 is 4.79 Å². The average Bonchev–Trinajstić information content (AvgIpc) is 2.63. The maximum Gasteiger partial charge on any atom is 0.257 e. The van der Waals surface area contributed by atoms with Gasteiger partial charge >= 0.3 is 0 Å². The fourth-order valence-corrected chi connectivity index (χ4v) is 3.48. The van der Waals surface area contributed by atoms with Crippen LogP contribution in [0.4, 0.5) is 11.4 Å². The van der Waals surface area contributed by atoms with Gasteiger partial charge in [-0.3, -0.25) is 10.1 Å². The number of carbonyl (C=O) groups excluding carboxylic acids is 1. The molecule has 2 N–H and O–H groups in total. The third-order valence-electron chi connectivity index (χ3n) is 4.18. The summed E-state index contributed by atoms with van der Waals surface area (Å²) in [6, 6.07) is 15.5. The highest BCUT2D eigenvalue weighted by Crippen LogP contribution is 2.28. The summed E-state index contributed by atoms with van der Waals surface area (Å²) >= 11 is 7.55. The van der Waals surface area contributed by atoms with Crippen molar-refractivity contribution >= 4 is 57.2 Å². The zero-order valence-electron chi connectivity index (χ0n) is 13.8. The summed E-state index contributed by atoms with van der Waals surface area (Å²) < 4.78 is 1.09. The van der Waals surface area contributed by atoms with Crippen molar-refractivity contribution in [2.45, 2.75) is 19.3 Å². The third-order valence-corrected chi connectivity index (χ3v) is 5.11. The summed E-state index contributed by atoms with van der Waals surface area (Å²) in [5, 5.41) is 6.24. The van der Waals surface area contributed by atoms with Crippen LogP contribution >= 0.6 is 34.8 Å². The molecule has 1 aliphatic heterocycles. The van der Waals surface area contributed by atoms with E-state index in [0.29, 0.717) is 10.7 Å². The molecule has 2 aromatic rings. The maximum atomic E-state index is 12.3. The first-order chi connectivity index (χ1) is 12.1. The predicted octanol–water partition coefficient (Wildman–Crippen LogP) is 4.41. The average molecular weight is 465 g/mol. The molecule has 1 aliphatic rings. The van der Waals surface area contributed by atoms with E-state index in [0.717, 1.165) is 28.0 Å². The molecule has 0 radical (unpaired) electrons. The van der Waals surface area contributed by atoms with Gasteiger partial charge in [-0.2, -0.15) is 0 Å². The van der Waals surface area contributed by atoms with Gasteiger partial charge in [0.2, 0.25) is 0 Å². The van der Waals surface area contributed by atoms with Crippen LogP contribution in [0.15, 0.2) is 48.5 Å². The molecule has 0 atom stereocenters. The molecule has 1 amide bonds. The summed E-state index contributed by atoms with van der Waals surface area (Å²) in [7, 11) is 0. The lowest BCUT2D eigenvalue weighted by Gasteiger charge is -2.30. The third kappa shape index (κ3) is 4.92. The van der Waals surface area contributed by atoms with Crippen molar-refractivity contribution in [1.82, 2.24) is 5.32 Å². The van der Waals surface area contributed by atoms with Crippen molar-refractivity contribution in [2.24, 2.45) is 0 Å². The molecular formula is C19H20IN3OS. The highest BCUT2D eigenvalue weighted by molar-refractivity contribution is 14.1. The number of nitrogens with zero attached hydrogens (tertiary/aromatic N) is 1. The van der Waals surface area contributed by atoms with Crippen LogP contribution in [0.5, 0.6) is 0 Å². The van der Waals surface area contributed by atoms with Crippen LogP contribution in [0, 0.1) is 3.57 Å². The number of hydrogen-bond donors (Lipinski definition) is 2. The maximum absolute atomic E-state index is 12.3. The molecule has 0 bridgehead atoms. The molecular weight excluding hydrogens is 445 g/mol. The van der Waals surface area contributed by atoms with Crippen LogP contribution in [0.3, 0.4) is 0 Å². The van der Waals surface area contributed by atoms with Crippen LogP contribution in [0.2, 0.25) is 0 Å². The predicted molar refractivity (Wildman–Crippen MR) is 115 cm³/mol. The zero-order chi connectivity index (χ0) is 17.6. The second-order valence-electron chi connectivity index (χ2n) is 5.98. The Kier molecular flexibility index (Phi) is 6.25. The van der Waals surface area contributed by atoms with E-state index in [1.807, 2.05) is 30.3 Å².